The van der Waals surface area contributed by atoms with Gasteiger partial charge in [0.05, 0.1) is 39.3 Å². The van der Waals surface area contributed by atoms with Crippen LogP contribution in [0.5, 0.6) is 5.75 Å². The number of benzene rings is 3. The summed E-state index contributed by atoms with van der Waals surface area (Å²) in [5.41, 5.74) is 6.12. The van der Waals surface area contributed by atoms with Crippen LogP contribution in [0.2, 0.25) is 0 Å². The van der Waals surface area contributed by atoms with Gasteiger partial charge in [0.25, 0.3) is 10.0 Å². The molecule has 0 amide bonds. The summed E-state index contributed by atoms with van der Waals surface area (Å²) in [6.07, 6.45) is 4.62. The molecule has 0 radical (unpaired) electrons. The van der Waals surface area contributed by atoms with E-state index in [2.05, 4.69) is 37.6 Å². The Bertz CT molecular complexity index is 1560. The summed E-state index contributed by atoms with van der Waals surface area (Å²) in [4.78, 5) is 9.93. The van der Waals surface area contributed by atoms with Crippen molar-refractivity contribution in [3.63, 3.8) is 0 Å². The monoisotopic (exact) mass is 561 g/mol. The van der Waals surface area contributed by atoms with Gasteiger partial charge in [-0.2, -0.15) is 0 Å². The third-order valence-corrected chi connectivity index (χ3v) is 8.78. The molecule has 0 bridgehead atoms. The molecule has 1 heterocycles. The second-order valence-corrected chi connectivity index (χ2v) is 13.2. The minimum Gasteiger partial charge on any atom is -0.494 e. The summed E-state index contributed by atoms with van der Waals surface area (Å²) >= 11 is 0. The molecule has 214 valence electrons. The number of aromatic nitrogens is 2. The van der Waals surface area contributed by atoms with Gasteiger partial charge in [-0.15, -0.1) is 0 Å². The standard InChI is InChI=1S/C33H43N3O3S/c1-8-9-10-11-16-39-26-13-15-30-32(20-26)35-29-14-12-25(19-31(29)34-30)36-40(37,38)33-27(22(4)5)17-24(21(2)3)18-28(33)23(6)7/h12-15,17-23,36H,8-11,16H2,1-7H3. The van der Waals surface area contributed by atoms with Crippen molar-refractivity contribution in [2.24, 2.45) is 0 Å². The van der Waals surface area contributed by atoms with Gasteiger partial charge in [-0.05, 0) is 71.2 Å². The fourth-order valence-electron chi connectivity index (χ4n) is 4.93. The van der Waals surface area contributed by atoms with Crippen LogP contribution in [0.25, 0.3) is 22.1 Å². The molecule has 0 spiro atoms. The van der Waals surface area contributed by atoms with E-state index in [4.69, 9.17) is 14.7 Å². The minimum atomic E-state index is -3.85. The Morgan fingerprint density at radius 1 is 0.725 bits per heavy atom. The molecule has 0 fully saturated rings. The van der Waals surface area contributed by atoms with E-state index in [0.717, 1.165) is 39.9 Å². The van der Waals surface area contributed by atoms with Crippen molar-refractivity contribution in [2.75, 3.05) is 11.3 Å². The summed E-state index contributed by atoms with van der Waals surface area (Å²) in [5, 5.41) is 0. The van der Waals surface area contributed by atoms with Crippen molar-refractivity contribution >= 4 is 37.8 Å². The van der Waals surface area contributed by atoms with Gasteiger partial charge in [-0.1, -0.05) is 79.9 Å². The summed E-state index contributed by atoms with van der Waals surface area (Å²) in [6, 6.07) is 15.2. The molecule has 0 aliphatic rings. The number of anilines is 1. The fourth-order valence-corrected chi connectivity index (χ4v) is 6.68. The Kier molecular flexibility index (Phi) is 9.34. The fraction of sp³-hybridized carbons (Fsp3) is 0.455. The molecule has 4 rings (SSSR count). The molecule has 0 saturated heterocycles. The van der Waals surface area contributed by atoms with Crippen LogP contribution in [0.4, 0.5) is 5.69 Å². The summed E-state index contributed by atoms with van der Waals surface area (Å²) in [6.45, 7) is 15.3. The van der Waals surface area contributed by atoms with Crippen LogP contribution in [0, 0.1) is 0 Å². The van der Waals surface area contributed by atoms with Gasteiger partial charge >= 0.3 is 0 Å². The van der Waals surface area contributed by atoms with Crippen molar-refractivity contribution < 1.29 is 13.2 Å². The maximum atomic E-state index is 13.9. The predicted molar refractivity (Wildman–Crippen MR) is 166 cm³/mol. The maximum Gasteiger partial charge on any atom is 0.262 e. The zero-order valence-electron chi connectivity index (χ0n) is 24.9. The highest BCUT2D eigenvalue weighted by Crippen LogP contribution is 2.36. The normalized spacial score (nSPS) is 12.2. The number of nitrogens with one attached hydrogen (secondary N) is 1. The molecule has 6 nitrogen and oxygen atoms in total. The van der Waals surface area contributed by atoms with E-state index in [1.165, 1.54) is 19.3 Å². The average molecular weight is 562 g/mol. The molecule has 4 aromatic rings. The Hall–Kier alpha value is -3.19. The van der Waals surface area contributed by atoms with Gasteiger partial charge in [-0.3, -0.25) is 4.72 Å². The van der Waals surface area contributed by atoms with Crippen molar-refractivity contribution in [2.45, 2.75) is 96.8 Å². The first kappa shape index (κ1) is 29.8. The molecular formula is C33H43N3O3S. The first-order valence-corrected chi connectivity index (χ1v) is 16.0. The highest BCUT2D eigenvalue weighted by atomic mass is 32.2. The summed E-state index contributed by atoms with van der Waals surface area (Å²) < 4.78 is 36.6. The van der Waals surface area contributed by atoms with Crippen LogP contribution in [0.15, 0.2) is 53.4 Å². The topological polar surface area (TPSA) is 81.2 Å². The Morgan fingerprint density at radius 3 is 1.90 bits per heavy atom. The molecule has 40 heavy (non-hydrogen) atoms. The zero-order chi connectivity index (χ0) is 29.0. The van der Waals surface area contributed by atoms with Crippen LogP contribution < -0.4 is 9.46 Å². The quantitative estimate of drug-likeness (QED) is 0.138. The third-order valence-electron chi connectivity index (χ3n) is 7.27. The molecule has 0 atom stereocenters. The zero-order valence-corrected chi connectivity index (χ0v) is 25.7. The average Bonchev–Trinajstić information content (AvgIpc) is 2.90. The van der Waals surface area contributed by atoms with E-state index < -0.39 is 10.0 Å². The molecule has 0 aliphatic heterocycles. The lowest BCUT2D eigenvalue weighted by molar-refractivity contribution is 0.305. The number of sulfonamides is 1. The van der Waals surface area contributed by atoms with E-state index in [1.54, 1.807) is 12.1 Å². The van der Waals surface area contributed by atoms with Crippen LogP contribution in [-0.2, 0) is 10.0 Å². The van der Waals surface area contributed by atoms with Crippen molar-refractivity contribution in [1.82, 2.24) is 9.97 Å². The summed E-state index contributed by atoms with van der Waals surface area (Å²) in [5.74, 6) is 1.21. The van der Waals surface area contributed by atoms with Crippen LogP contribution in [0.3, 0.4) is 0 Å². The minimum absolute atomic E-state index is 0.0572. The van der Waals surface area contributed by atoms with E-state index in [-0.39, 0.29) is 11.8 Å². The van der Waals surface area contributed by atoms with Crippen molar-refractivity contribution in [3.05, 3.63) is 65.2 Å². The smallest absolute Gasteiger partial charge is 0.262 e. The SMILES string of the molecule is CCCCCCOc1ccc2nc3cc(NS(=O)(=O)c4c(C(C)C)cc(C(C)C)cc4C(C)C)ccc3nc2c1. The molecule has 1 aromatic heterocycles. The van der Waals surface area contributed by atoms with E-state index >= 15 is 0 Å². The number of rotatable bonds is 12. The lowest BCUT2D eigenvalue weighted by Crippen LogP contribution is -2.19. The Balaban J connectivity index is 1.65. The van der Waals surface area contributed by atoms with Crippen molar-refractivity contribution in [3.8, 4) is 5.75 Å². The third kappa shape index (κ3) is 6.74. The number of nitrogens with zero attached hydrogens (tertiary/aromatic N) is 2. The lowest BCUT2D eigenvalue weighted by atomic mass is 9.89. The first-order valence-electron chi connectivity index (χ1n) is 14.5. The highest BCUT2D eigenvalue weighted by Gasteiger charge is 2.27. The van der Waals surface area contributed by atoms with Gasteiger partial charge in [0.1, 0.15) is 5.75 Å². The largest absolute Gasteiger partial charge is 0.494 e. The molecule has 1 N–H and O–H groups in total. The molecule has 3 aromatic carbocycles. The first-order chi connectivity index (χ1) is 19.0. The van der Waals surface area contributed by atoms with E-state index in [0.29, 0.717) is 34.1 Å². The molecular weight excluding hydrogens is 518 g/mol. The van der Waals surface area contributed by atoms with Gasteiger partial charge in [0.15, 0.2) is 0 Å². The van der Waals surface area contributed by atoms with E-state index in [9.17, 15) is 8.42 Å². The van der Waals surface area contributed by atoms with Crippen LogP contribution in [-0.4, -0.2) is 25.0 Å². The van der Waals surface area contributed by atoms with Crippen LogP contribution in [0.1, 0.15) is 109 Å². The van der Waals surface area contributed by atoms with Crippen molar-refractivity contribution in [1.29, 1.82) is 0 Å². The number of hydrogen-bond donors (Lipinski definition) is 1. The lowest BCUT2D eigenvalue weighted by Gasteiger charge is -2.23. The Labute approximate surface area is 239 Å². The summed E-state index contributed by atoms with van der Waals surface area (Å²) in [7, 11) is -3.85. The van der Waals surface area contributed by atoms with Gasteiger partial charge in [-0.25, -0.2) is 18.4 Å². The van der Waals surface area contributed by atoms with E-state index in [1.807, 2.05) is 52.0 Å². The molecule has 0 saturated carbocycles. The number of hydrogen-bond acceptors (Lipinski definition) is 5. The maximum absolute atomic E-state index is 13.9. The Morgan fingerprint density at radius 2 is 1.32 bits per heavy atom. The molecule has 0 unspecified atom stereocenters. The van der Waals surface area contributed by atoms with Crippen LogP contribution >= 0.6 is 0 Å². The predicted octanol–water partition coefficient (Wildman–Crippen LogP) is 8.91. The number of fused-ring (bicyclic) bond motifs is 2. The van der Waals surface area contributed by atoms with Gasteiger partial charge < -0.3 is 4.74 Å². The van der Waals surface area contributed by atoms with Gasteiger partial charge in [0.2, 0.25) is 0 Å². The second-order valence-electron chi connectivity index (χ2n) is 11.6. The highest BCUT2D eigenvalue weighted by molar-refractivity contribution is 7.92. The number of unbranched alkanes of at least 4 members (excludes halogenated alkanes) is 3. The number of ether oxygens (including phenoxy) is 1. The molecule has 7 heteroatoms. The molecule has 0 aliphatic carbocycles. The second kappa shape index (κ2) is 12.5. The van der Waals surface area contributed by atoms with Gasteiger partial charge in [0, 0.05) is 6.07 Å².